The third-order valence-corrected chi connectivity index (χ3v) is 1.77. The topological polar surface area (TPSA) is 45.0 Å². The summed E-state index contributed by atoms with van der Waals surface area (Å²) in [7, 11) is 0. The second kappa shape index (κ2) is 6.01. The molecule has 1 aromatic rings. The number of nitriles is 1. The Hall–Kier alpha value is -1.53. The van der Waals surface area contributed by atoms with Gasteiger partial charge in [-0.05, 0) is 18.7 Å². The molecule has 3 nitrogen and oxygen atoms in total. The normalized spacial score (nSPS) is 11.7. The van der Waals surface area contributed by atoms with E-state index in [0.29, 0.717) is 6.61 Å². The molecule has 0 amide bonds. The van der Waals surface area contributed by atoms with Gasteiger partial charge < -0.3 is 4.74 Å². The third kappa shape index (κ3) is 3.46. The highest BCUT2D eigenvalue weighted by Crippen LogP contribution is 2.08. The van der Waals surface area contributed by atoms with Crippen molar-refractivity contribution in [3.63, 3.8) is 0 Å². The summed E-state index contributed by atoms with van der Waals surface area (Å²) >= 11 is 0. The van der Waals surface area contributed by atoms with Gasteiger partial charge in [0, 0.05) is 0 Å². The molecule has 0 saturated carbocycles. The van der Waals surface area contributed by atoms with E-state index in [-0.39, 0.29) is 6.04 Å². The van der Waals surface area contributed by atoms with Crippen LogP contribution in [0.1, 0.15) is 6.92 Å². The van der Waals surface area contributed by atoms with Gasteiger partial charge >= 0.3 is 0 Å². The number of ether oxygens (including phenoxy) is 1. The van der Waals surface area contributed by atoms with E-state index in [0.717, 1.165) is 12.3 Å². The average molecular weight is 190 g/mol. The van der Waals surface area contributed by atoms with E-state index in [9.17, 15) is 0 Å². The van der Waals surface area contributed by atoms with Gasteiger partial charge in [0.1, 0.15) is 18.4 Å². The first-order chi connectivity index (χ1) is 6.86. The lowest BCUT2D eigenvalue weighted by Crippen LogP contribution is -2.32. The molecule has 0 aliphatic heterocycles. The highest BCUT2D eigenvalue weighted by atomic mass is 16.5. The number of para-hydroxylation sites is 1. The molecule has 14 heavy (non-hydrogen) atoms. The van der Waals surface area contributed by atoms with Gasteiger partial charge in [0.25, 0.3) is 0 Å². The zero-order valence-corrected chi connectivity index (χ0v) is 8.23. The lowest BCUT2D eigenvalue weighted by Gasteiger charge is -2.11. The van der Waals surface area contributed by atoms with Gasteiger partial charge in [0.2, 0.25) is 0 Å². The van der Waals surface area contributed by atoms with Crippen LogP contribution in [0.15, 0.2) is 30.3 Å². The van der Waals surface area contributed by atoms with Crippen LogP contribution in [-0.2, 0) is 0 Å². The Balaban J connectivity index is 2.37. The maximum Gasteiger partial charge on any atom is 0.130 e. The summed E-state index contributed by atoms with van der Waals surface area (Å²) in [6, 6.07) is 11.4. The van der Waals surface area contributed by atoms with Crippen molar-refractivity contribution in [1.29, 1.82) is 5.26 Å². The Bertz CT molecular complexity index is 292. The molecule has 74 valence electrons. The molecule has 1 unspecified atom stereocenters. The first-order valence-electron chi connectivity index (χ1n) is 4.67. The van der Waals surface area contributed by atoms with Gasteiger partial charge in [-0.3, -0.25) is 5.32 Å². The standard InChI is InChI=1S/C11H14N2O/c1-2-13-10(8-12)9-14-11-6-4-3-5-7-11/h3-7,10,13H,2,9H2,1H3. The van der Waals surface area contributed by atoms with E-state index >= 15 is 0 Å². The fourth-order valence-corrected chi connectivity index (χ4v) is 1.08. The largest absolute Gasteiger partial charge is 0.491 e. The lowest BCUT2D eigenvalue weighted by atomic mass is 10.3. The monoisotopic (exact) mass is 190 g/mol. The van der Waals surface area contributed by atoms with E-state index < -0.39 is 0 Å². The number of nitrogens with one attached hydrogen (secondary N) is 1. The average Bonchev–Trinajstić information content (AvgIpc) is 2.25. The molecule has 0 aliphatic carbocycles. The van der Waals surface area contributed by atoms with Crippen molar-refractivity contribution >= 4 is 0 Å². The minimum atomic E-state index is -0.236. The Morgan fingerprint density at radius 1 is 1.43 bits per heavy atom. The minimum absolute atomic E-state index is 0.236. The molecule has 1 rings (SSSR count). The summed E-state index contributed by atoms with van der Waals surface area (Å²) in [5.74, 6) is 0.797. The summed E-state index contributed by atoms with van der Waals surface area (Å²) in [5, 5.41) is 11.8. The number of nitrogens with zero attached hydrogens (tertiary/aromatic N) is 1. The molecular formula is C11H14N2O. The van der Waals surface area contributed by atoms with Crippen LogP contribution in [0.2, 0.25) is 0 Å². The summed E-state index contributed by atoms with van der Waals surface area (Å²) in [5.41, 5.74) is 0. The summed E-state index contributed by atoms with van der Waals surface area (Å²) < 4.78 is 5.43. The fraction of sp³-hybridized carbons (Fsp3) is 0.364. The summed E-state index contributed by atoms with van der Waals surface area (Å²) in [4.78, 5) is 0. The van der Waals surface area contributed by atoms with Crippen LogP contribution in [-0.4, -0.2) is 19.2 Å². The Morgan fingerprint density at radius 3 is 2.71 bits per heavy atom. The van der Waals surface area contributed by atoms with Crippen LogP contribution in [0.5, 0.6) is 5.75 Å². The molecule has 0 heterocycles. The molecule has 0 radical (unpaired) electrons. The molecular weight excluding hydrogens is 176 g/mol. The van der Waals surface area contributed by atoms with Crippen molar-refractivity contribution in [1.82, 2.24) is 5.32 Å². The van der Waals surface area contributed by atoms with Crippen LogP contribution in [0.3, 0.4) is 0 Å². The van der Waals surface area contributed by atoms with E-state index in [4.69, 9.17) is 10.00 Å². The van der Waals surface area contributed by atoms with E-state index in [1.54, 1.807) is 0 Å². The van der Waals surface area contributed by atoms with Crippen LogP contribution in [0, 0.1) is 11.3 Å². The highest BCUT2D eigenvalue weighted by Gasteiger charge is 2.05. The SMILES string of the molecule is CCNC(C#N)COc1ccccc1. The number of rotatable bonds is 5. The first-order valence-corrected chi connectivity index (χ1v) is 4.67. The van der Waals surface area contributed by atoms with Crippen LogP contribution >= 0.6 is 0 Å². The predicted molar refractivity (Wildman–Crippen MR) is 55.0 cm³/mol. The second-order valence-electron chi connectivity index (χ2n) is 2.86. The van der Waals surface area contributed by atoms with Gasteiger partial charge in [-0.15, -0.1) is 0 Å². The molecule has 0 spiro atoms. The second-order valence-corrected chi connectivity index (χ2v) is 2.86. The maximum atomic E-state index is 8.74. The van der Waals surface area contributed by atoms with Crippen molar-refractivity contribution in [2.24, 2.45) is 0 Å². The van der Waals surface area contributed by atoms with E-state index in [1.165, 1.54) is 0 Å². The van der Waals surface area contributed by atoms with Crippen molar-refractivity contribution in [3.8, 4) is 11.8 Å². The van der Waals surface area contributed by atoms with Gasteiger partial charge in [0.15, 0.2) is 0 Å². The van der Waals surface area contributed by atoms with E-state index in [2.05, 4.69) is 11.4 Å². The molecule has 0 fully saturated rings. The van der Waals surface area contributed by atoms with Crippen LogP contribution in [0.4, 0.5) is 0 Å². The van der Waals surface area contributed by atoms with E-state index in [1.807, 2.05) is 37.3 Å². The fourth-order valence-electron chi connectivity index (χ4n) is 1.08. The molecule has 1 atom stereocenters. The maximum absolute atomic E-state index is 8.74. The molecule has 3 heteroatoms. The number of likely N-dealkylation sites (N-methyl/N-ethyl adjacent to an activating group) is 1. The molecule has 0 bridgehead atoms. The summed E-state index contributed by atoms with van der Waals surface area (Å²) in [6.45, 7) is 3.12. The summed E-state index contributed by atoms with van der Waals surface area (Å²) in [6.07, 6.45) is 0. The van der Waals surface area contributed by atoms with Gasteiger partial charge in [0.05, 0.1) is 6.07 Å². The zero-order chi connectivity index (χ0) is 10.2. The molecule has 1 aromatic carbocycles. The first kappa shape index (κ1) is 10.6. The Morgan fingerprint density at radius 2 is 2.14 bits per heavy atom. The Labute approximate surface area is 84.3 Å². The quantitative estimate of drug-likeness (QED) is 0.766. The zero-order valence-electron chi connectivity index (χ0n) is 8.23. The van der Waals surface area contributed by atoms with Crippen LogP contribution in [0.25, 0.3) is 0 Å². The Kier molecular flexibility index (Phi) is 4.53. The number of benzene rings is 1. The third-order valence-electron chi connectivity index (χ3n) is 1.77. The van der Waals surface area contributed by atoms with Gasteiger partial charge in [-0.2, -0.15) is 5.26 Å². The number of hydrogen-bond donors (Lipinski definition) is 1. The van der Waals surface area contributed by atoms with Crippen LogP contribution < -0.4 is 10.1 Å². The molecule has 0 aliphatic rings. The lowest BCUT2D eigenvalue weighted by molar-refractivity contribution is 0.291. The smallest absolute Gasteiger partial charge is 0.130 e. The van der Waals surface area contributed by atoms with Crippen molar-refractivity contribution < 1.29 is 4.74 Å². The molecule has 0 saturated heterocycles. The highest BCUT2D eigenvalue weighted by molar-refractivity contribution is 5.21. The van der Waals surface area contributed by atoms with Crippen molar-refractivity contribution in [2.75, 3.05) is 13.2 Å². The molecule has 0 aromatic heterocycles. The minimum Gasteiger partial charge on any atom is -0.491 e. The van der Waals surface area contributed by atoms with Crippen molar-refractivity contribution in [2.45, 2.75) is 13.0 Å². The predicted octanol–water partition coefficient (Wildman–Crippen LogP) is 1.57. The molecule has 1 N–H and O–H groups in total. The van der Waals surface area contributed by atoms with Crippen molar-refractivity contribution in [3.05, 3.63) is 30.3 Å². The van der Waals surface area contributed by atoms with Gasteiger partial charge in [-0.25, -0.2) is 0 Å². The van der Waals surface area contributed by atoms with Gasteiger partial charge in [-0.1, -0.05) is 25.1 Å². The number of hydrogen-bond acceptors (Lipinski definition) is 3.